The van der Waals surface area contributed by atoms with E-state index in [4.69, 9.17) is 4.98 Å². The van der Waals surface area contributed by atoms with E-state index in [0.717, 1.165) is 34.7 Å². The predicted molar refractivity (Wildman–Crippen MR) is 81.5 cm³/mol. The van der Waals surface area contributed by atoms with Crippen LogP contribution in [-0.2, 0) is 0 Å². The summed E-state index contributed by atoms with van der Waals surface area (Å²) in [5, 5.41) is 0. The van der Waals surface area contributed by atoms with Crippen LogP contribution in [0, 0.1) is 5.92 Å². The lowest BCUT2D eigenvalue weighted by Gasteiger charge is -2.38. The SMILES string of the molecule is CC(C)c1nc(Br)cc(N2CCCC3CCCC32)n1. The fourth-order valence-corrected chi connectivity index (χ4v) is 3.95. The zero-order valence-electron chi connectivity index (χ0n) is 11.8. The Hall–Kier alpha value is -0.640. The summed E-state index contributed by atoms with van der Waals surface area (Å²) in [6.07, 6.45) is 6.84. The molecule has 0 N–H and O–H groups in total. The second-order valence-electron chi connectivity index (χ2n) is 6.16. The fourth-order valence-electron chi connectivity index (χ4n) is 3.57. The molecule has 3 rings (SSSR count). The largest absolute Gasteiger partial charge is 0.353 e. The van der Waals surface area contributed by atoms with Gasteiger partial charge in [-0.05, 0) is 47.5 Å². The molecule has 4 heteroatoms. The van der Waals surface area contributed by atoms with Crippen molar-refractivity contribution in [2.75, 3.05) is 11.4 Å². The van der Waals surface area contributed by atoms with Gasteiger partial charge in [0.05, 0.1) is 0 Å². The Morgan fingerprint density at radius 3 is 2.79 bits per heavy atom. The Morgan fingerprint density at radius 1 is 1.21 bits per heavy atom. The molecule has 19 heavy (non-hydrogen) atoms. The van der Waals surface area contributed by atoms with Gasteiger partial charge >= 0.3 is 0 Å². The topological polar surface area (TPSA) is 29.0 Å². The van der Waals surface area contributed by atoms with E-state index in [-0.39, 0.29) is 0 Å². The van der Waals surface area contributed by atoms with Gasteiger partial charge in [-0.25, -0.2) is 9.97 Å². The van der Waals surface area contributed by atoms with Crippen LogP contribution in [0.1, 0.15) is 57.7 Å². The van der Waals surface area contributed by atoms with Crippen molar-refractivity contribution in [3.05, 3.63) is 16.5 Å². The minimum Gasteiger partial charge on any atom is -0.353 e. The van der Waals surface area contributed by atoms with Crippen LogP contribution in [0.2, 0.25) is 0 Å². The van der Waals surface area contributed by atoms with E-state index in [1.165, 1.54) is 32.1 Å². The Morgan fingerprint density at radius 2 is 2.00 bits per heavy atom. The van der Waals surface area contributed by atoms with Gasteiger partial charge in [0.25, 0.3) is 0 Å². The normalized spacial score (nSPS) is 26.8. The van der Waals surface area contributed by atoms with Crippen LogP contribution in [0.25, 0.3) is 0 Å². The Kier molecular flexibility index (Phi) is 3.79. The van der Waals surface area contributed by atoms with Gasteiger partial charge in [-0.3, -0.25) is 0 Å². The summed E-state index contributed by atoms with van der Waals surface area (Å²) < 4.78 is 0.918. The highest BCUT2D eigenvalue weighted by Gasteiger charge is 2.35. The van der Waals surface area contributed by atoms with Crippen LogP contribution in [0.15, 0.2) is 10.7 Å². The van der Waals surface area contributed by atoms with Crippen LogP contribution < -0.4 is 4.90 Å². The van der Waals surface area contributed by atoms with E-state index in [1.807, 2.05) is 0 Å². The number of fused-ring (bicyclic) bond motifs is 1. The van der Waals surface area contributed by atoms with Crippen LogP contribution in [-0.4, -0.2) is 22.6 Å². The quantitative estimate of drug-likeness (QED) is 0.766. The third kappa shape index (κ3) is 2.64. The number of anilines is 1. The maximum atomic E-state index is 4.80. The summed E-state index contributed by atoms with van der Waals surface area (Å²) >= 11 is 3.54. The molecule has 2 heterocycles. The first kappa shape index (κ1) is 13.3. The molecule has 1 saturated carbocycles. The second-order valence-corrected chi connectivity index (χ2v) is 6.97. The van der Waals surface area contributed by atoms with Crippen molar-refractivity contribution in [1.29, 1.82) is 0 Å². The number of piperidine rings is 1. The molecular formula is C15H22BrN3. The van der Waals surface area contributed by atoms with Crippen molar-refractivity contribution >= 4 is 21.7 Å². The molecule has 2 fully saturated rings. The summed E-state index contributed by atoms with van der Waals surface area (Å²) in [5.41, 5.74) is 0. The van der Waals surface area contributed by atoms with Crippen molar-refractivity contribution in [3.63, 3.8) is 0 Å². The molecule has 1 saturated heterocycles. The highest BCUT2D eigenvalue weighted by Crippen LogP contribution is 2.39. The Balaban J connectivity index is 1.92. The average molecular weight is 324 g/mol. The molecule has 0 bridgehead atoms. The fraction of sp³-hybridized carbons (Fsp3) is 0.733. The molecule has 3 nitrogen and oxygen atoms in total. The first-order valence-electron chi connectivity index (χ1n) is 7.46. The molecular weight excluding hydrogens is 302 g/mol. The van der Waals surface area contributed by atoms with E-state index in [0.29, 0.717) is 5.92 Å². The lowest BCUT2D eigenvalue weighted by Crippen LogP contribution is -2.43. The van der Waals surface area contributed by atoms with Crippen molar-refractivity contribution in [2.45, 2.75) is 57.9 Å². The van der Waals surface area contributed by atoms with Gasteiger partial charge in [-0.2, -0.15) is 0 Å². The molecule has 1 aliphatic carbocycles. The van der Waals surface area contributed by atoms with Crippen LogP contribution in [0.5, 0.6) is 0 Å². The first-order valence-corrected chi connectivity index (χ1v) is 8.25. The molecule has 1 aromatic heterocycles. The van der Waals surface area contributed by atoms with Crippen LogP contribution in [0.3, 0.4) is 0 Å². The van der Waals surface area contributed by atoms with Crippen molar-refractivity contribution in [2.24, 2.45) is 5.92 Å². The van der Waals surface area contributed by atoms with E-state index >= 15 is 0 Å². The number of hydrogen-bond acceptors (Lipinski definition) is 3. The Labute approximate surface area is 124 Å². The average Bonchev–Trinajstić information content (AvgIpc) is 2.85. The summed E-state index contributed by atoms with van der Waals surface area (Å²) in [7, 11) is 0. The van der Waals surface area contributed by atoms with Crippen LogP contribution in [0.4, 0.5) is 5.82 Å². The summed E-state index contributed by atoms with van der Waals surface area (Å²) in [6, 6.07) is 2.81. The van der Waals surface area contributed by atoms with Crippen molar-refractivity contribution in [3.8, 4) is 0 Å². The third-order valence-electron chi connectivity index (χ3n) is 4.50. The molecule has 1 aliphatic heterocycles. The zero-order chi connectivity index (χ0) is 13.4. The van der Waals surface area contributed by atoms with Gasteiger partial charge in [0.15, 0.2) is 0 Å². The minimum absolute atomic E-state index is 0.375. The molecule has 2 unspecified atom stereocenters. The lowest BCUT2D eigenvalue weighted by atomic mass is 9.92. The van der Waals surface area contributed by atoms with Crippen molar-refractivity contribution < 1.29 is 0 Å². The molecule has 0 radical (unpaired) electrons. The zero-order valence-corrected chi connectivity index (χ0v) is 13.4. The maximum Gasteiger partial charge on any atom is 0.134 e. The van der Waals surface area contributed by atoms with E-state index < -0.39 is 0 Å². The summed E-state index contributed by atoms with van der Waals surface area (Å²) in [5.74, 6) is 3.34. The standard InChI is InChI=1S/C15H22BrN3/c1-10(2)15-17-13(16)9-14(18-15)19-8-4-6-11-5-3-7-12(11)19/h9-12H,3-8H2,1-2H3. The smallest absolute Gasteiger partial charge is 0.134 e. The first-order chi connectivity index (χ1) is 9.15. The van der Waals surface area contributed by atoms with Gasteiger partial charge in [0.1, 0.15) is 16.2 Å². The number of aromatic nitrogens is 2. The molecule has 0 amide bonds. The number of nitrogens with zero attached hydrogens (tertiary/aromatic N) is 3. The maximum absolute atomic E-state index is 4.80. The third-order valence-corrected chi connectivity index (χ3v) is 4.91. The predicted octanol–water partition coefficient (Wildman–Crippen LogP) is 4.13. The highest BCUT2D eigenvalue weighted by molar-refractivity contribution is 9.10. The molecule has 0 spiro atoms. The molecule has 2 atom stereocenters. The highest BCUT2D eigenvalue weighted by atomic mass is 79.9. The van der Waals surface area contributed by atoms with Gasteiger partial charge in [-0.15, -0.1) is 0 Å². The van der Waals surface area contributed by atoms with Gasteiger partial charge in [0, 0.05) is 24.6 Å². The minimum atomic E-state index is 0.375. The lowest BCUT2D eigenvalue weighted by molar-refractivity contribution is 0.360. The monoisotopic (exact) mass is 323 g/mol. The van der Waals surface area contributed by atoms with Gasteiger partial charge in [-0.1, -0.05) is 20.3 Å². The molecule has 0 aromatic carbocycles. The molecule has 104 valence electrons. The van der Waals surface area contributed by atoms with Crippen LogP contribution >= 0.6 is 15.9 Å². The second kappa shape index (κ2) is 5.39. The van der Waals surface area contributed by atoms with Crippen molar-refractivity contribution in [1.82, 2.24) is 9.97 Å². The molecule has 2 aliphatic rings. The Bertz CT molecular complexity index is 461. The number of hydrogen-bond donors (Lipinski definition) is 0. The van der Waals surface area contributed by atoms with E-state index in [9.17, 15) is 0 Å². The van der Waals surface area contributed by atoms with Gasteiger partial charge < -0.3 is 4.90 Å². The summed E-state index contributed by atoms with van der Waals surface area (Å²) in [4.78, 5) is 11.8. The summed E-state index contributed by atoms with van der Waals surface area (Å²) in [6.45, 7) is 5.46. The van der Waals surface area contributed by atoms with Gasteiger partial charge in [0.2, 0.25) is 0 Å². The van der Waals surface area contributed by atoms with E-state index in [1.54, 1.807) is 0 Å². The van der Waals surface area contributed by atoms with E-state index in [2.05, 4.69) is 45.7 Å². The molecule has 1 aromatic rings. The number of rotatable bonds is 2. The number of halogens is 1.